The van der Waals surface area contributed by atoms with Crippen LogP contribution in [-0.4, -0.2) is 61.0 Å². The topological polar surface area (TPSA) is 49.9 Å². The number of imide groups is 1. The number of ether oxygens (including phenoxy) is 1. The molecule has 2 amide bonds. The van der Waals surface area contributed by atoms with Gasteiger partial charge in [-0.05, 0) is 17.5 Å². The van der Waals surface area contributed by atoms with Crippen LogP contribution in [0.15, 0.2) is 65.6 Å². The van der Waals surface area contributed by atoms with E-state index in [0.29, 0.717) is 22.8 Å². The second-order valence-electron chi connectivity index (χ2n) is 7.41. The Morgan fingerprint density at radius 2 is 1.50 bits per heavy atom. The average molecular weight is 423 g/mol. The van der Waals surface area contributed by atoms with Gasteiger partial charge in [-0.15, -0.1) is 11.8 Å². The molecule has 0 aromatic heterocycles. The van der Waals surface area contributed by atoms with Crippen molar-refractivity contribution in [3.63, 3.8) is 0 Å². The lowest BCUT2D eigenvalue weighted by atomic mass is 10.1. The van der Waals surface area contributed by atoms with E-state index < -0.39 is 0 Å². The van der Waals surface area contributed by atoms with Crippen LogP contribution in [0, 0.1) is 0 Å². The van der Waals surface area contributed by atoms with Crippen molar-refractivity contribution in [1.29, 1.82) is 0 Å². The molecule has 0 aliphatic carbocycles. The first kappa shape index (κ1) is 20.8. The molecule has 0 saturated carbocycles. The Bertz CT molecular complexity index is 909. The van der Waals surface area contributed by atoms with Crippen molar-refractivity contribution in [2.45, 2.75) is 12.2 Å². The highest BCUT2D eigenvalue weighted by Crippen LogP contribution is 2.37. The van der Waals surface area contributed by atoms with Crippen molar-refractivity contribution in [2.75, 3.05) is 39.4 Å². The maximum atomic E-state index is 13.2. The van der Waals surface area contributed by atoms with E-state index in [1.165, 1.54) is 16.7 Å². The van der Waals surface area contributed by atoms with Gasteiger partial charge >= 0.3 is 0 Å². The minimum absolute atomic E-state index is 0.165. The molecule has 1 fully saturated rings. The zero-order valence-corrected chi connectivity index (χ0v) is 17.8. The molecule has 1 saturated heterocycles. The number of amides is 2. The van der Waals surface area contributed by atoms with Gasteiger partial charge in [-0.1, -0.05) is 60.7 Å². The molecule has 0 radical (unpaired) electrons. The first-order valence-corrected chi connectivity index (χ1v) is 11.4. The molecule has 5 nitrogen and oxygen atoms in total. The van der Waals surface area contributed by atoms with Gasteiger partial charge in [0.15, 0.2) is 0 Å². The van der Waals surface area contributed by atoms with Crippen LogP contribution in [-0.2, 0) is 20.1 Å². The highest BCUT2D eigenvalue weighted by Gasteiger charge is 2.38. The Morgan fingerprint density at radius 3 is 2.20 bits per heavy atom. The lowest BCUT2D eigenvalue weighted by Gasteiger charge is -2.27. The zero-order valence-electron chi connectivity index (χ0n) is 17.0. The number of rotatable bonds is 8. The van der Waals surface area contributed by atoms with E-state index >= 15 is 0 Å². The van der Waals surface area contributed by atoms with Crippen LogP contribution in [0.25, 0.3) is 5.57 Å². The predicted octanol–water partition coefficient (Wildman–Crippen LogP) is 3.42. The molecule has 2 aromatic rings. The van der Waals surface area contributed by atoms with E-state index in [2.05, 4.69) is 4.90 Å². The van der Waals surface area contributed by atoms with Crippen molar-refractivity contribution >= 4 is 29.1 Å². The number of benzene rings is 2. The summed E-state index contributed by atoms with van der Waals surface area (Å²) >= 11 is 1.46. The summed E-state index contributed by atoms with van der Waals surface area (Å²) in [6.45, 7) is 4.64. The third-order valence-electron chi connectivity index (χ3n) is 5.37. The molecule has 0 spiro atoms. The van der Waals surface area contributed by atoms with Crippen molar-refractivity contribution in [2.24, 2.45) is 0 Å². The van der Waals surface area contributed by atoms with Gasteiger partial charge in [0, 0.05) is 31.9 Å². The Balaban J connectivity index is 1.48. The molecule has 0 bridgehead atoms. The van der Waals surface area contributed by atoms with Gasteiger partial charge in [-0.3, -0.25) is 19.4 Å². The third-order valence-corrected chi connectivity index (χ3v) is 6.52. The Hall–Kier alpha value is -2.41. The van der Waals surface area contributed by atoms with E-state index in [4.69, 9.17) is 4.74 Å². The Morgan fingerprint density at radius 1 is 0.833 bits per heavy atom. The second-order valence-corrected chi connectivity index (χ2v) is 8.40. The molecule has 0 atom stereocenters. The molecular formula is C24H26N2O3S. The van der Waals surface area contributed by atoms with Crippen LogP contribution in [0.4, 0.5) is 0 Å². The van der Waals surface area contributed by atoms with Gasteiger partial charge in [-0.25, -0.2) is 0 Å². The summed E-state index contributed by atoms with van der Waals surface area (Å²) in [5, 5.41) is 0. The molecule has 2 heterocycles. The first-order valence-electron chi connectivity index (χ1n) is 10.4. The molecule has 30 heavy (non-hydrogen) atoms. The number of hydrogen-bond donors (Lipinski definition) is 0. The molecule has 2 aliphatic rings. The molecule has 0 unspecified atom stereocenters. The molecule has 6 heteroatoms. The molecular weight excluding hydrogens is 396 g/mol. The van der Waals surface area contributed by atoms with Crippen LogP contribution >= 0.6 is 11.8 Å². The van der Waals surface area contributed by atoms with Crippen LogP contribution in [0.2, 0.25) is 0 Å². The van der Waals surface area contributed by atoms with Crippen LogP contribution in [0.5, 0.6) is 0 Å². The fraction of sp³-hybridized carbons (Fsp3) is 0.333. The largest absolute Gasteiger partial charge is 0.379 e. The lowest BCUT2D eigenvalue weighted by Crippen LogP contribution is -2.39. The van der Waals surface area contributed by atoms with Crippen molar-refractivity contribution < 1.29 is 14.3 Å². The van der Waals surface area contributed by atoms with E-state index in [1.54, 1.807) is 0 Å². The third kappa shape index (κ3) is 4.83. The molecule has 2 aliphatic heterocycles. The maximum absolute atomic E-state index is 13.2. The van der Waals surface area contributed by atoms with Gasteiger partial charge in [0.2, 0.25) is 0 Å². The zero-order chi connectivity index (χ0) is 20.8. The number of nitrogens with zero attached hydrogens (tertiary/aromatic N) is 2. The minimum Gasteiger partial charge on any atom is -0.379 e. The maximum Gasteiger partial charge on any atom is 0.267 e. The van der Waals surface area contributed by atoms with Gasteiger partial charge in [-0.2, -0.15) is 0 Å². The van der Waals surface area contributed by atoms with E-state index in [-0.39, 0.29) is 11.8 Å². The van der Waals surface area contributed by atoms with Crippen molar-refractivity contribution in [3.05, 3.63) is 76.7 Å². The van der Waals surface area contributed by atoms with Crippen LogP contribution in [0.1, 0.15) is 17.5 Å². The summed E-state index contributed by atoms with van der Waals surface area (Å²) in [6, 6.07) is 19.6. The highest BCUT2D eigenvalue weighted by molar-refractivity contribution is 8.03. The summed E-state index contributed by atoms with van der Waals surface area (Å²) in [5.41, 5.74) is 2.48. The second kappa shape index (κ2) is 10.1. The summed E-state index contributed by atoms with van der Waals surface area (Å²) in [5.74, 6) is 0.318. The van der Waals surface area contributed by atoms with E-state index in [9.17, 15) is 9.59 Å². The smallest absolute Gasteiger partial charge is 0.267 e. The Labute approximate surface area is 181 Å². The molecule has 0 N–H and O–H groups in total. The van der Waals surface area contributed by atoms with Crippen molar-refractivity contribution in [1.82, 2.24) is 9.80 Å². The first-order chi connectivity index (χ1) is 14.7. The summed E-state index contributed by atoms with van der Waals surface area (Å²) in [7, 11) is 0. The van der Waals surface area contributed by atoms with Gasteiger partial charge in [0.25, 0.3) is 11.8 Å². The normalized spacial score (nSPS) is 17.8. The predicted molar refractivity (Wildman–Crippen MR) is 120 cm³/mol. The van der Waals surface area contributed by atoms with E-state index in [0.717, 1.165) is 50.4 Å². The fourth-order valence-electron chi connectivity index (χ4n) is 3.76. The van der Waals surface area contributed by atoms with Crippen molar-refractivity contribution in [3.8, 4) is 0 Å². The van der Waals surface area contributed by atoms with Crippen LogP contribution < -0.4 is 0 Å². The van der Waals surface area contributed by atoms with Gasteiger partial charge in [0.1, 0.15) is 0 Å². The monoisotopic (exact) mass is 422 g/mol. The number of carbonyl (C=O) groups is 2. The average Bonchev–Trinajstić information content (AvgIpc) is 3.04. The quantitative estimate of drug-likeness (QED) is 0.610. The van der Waals surface area contributed by atoms with Gasteiger partial charge < -0.3 is 4.74 Å². The fourth-order valence-corrected chi connectivity index (χ4v) is 4.84. The minimum atomic E-state index is -0.177. The number of morpholine rings is 1. The number of hydrogen-bond acceptors (Lipinski definition) is 5. The van der Waals surface area contributed by atoms with Crippen LogP contribution in [0.3, 0.4) is 0 Å². The highest BCUT2D eigenvalue weighted by atomic mass is 32.2. The molecule has 4 rings (SSSR count). The Kier molecular flexibility index (Phi) is 7.00. The number of thioether (sulfide) groups is 1. The lowest BCUT2D eigenvalue weighted by molar-refractivity contribution is -0.136. The summed E-state index contributed by atoms with van der Waals surface area (Å²) in [4.78, 5) is 30.7. The van der Waals surface area contributed by atoms with Gasteiger partial charge in [0.05, 0.1) is 23.7 Å². The SMILES string of the molecule is O=C1C(SCc2ccccc2)=C(c2ccccc2)C(=O)N1CCCN1CCOCC1. The van der Waals surface area contributed by atoms with E-state index in [1.807, 2.05) is 60.7 Å². The summed E-state index contributed by atoms with van der Waals surface area (Å²) < 4.78 is 5.38. The number of carbonyl (C=O) groups excluding carboxylic acids is 2. The standard InChI is InChI=1S/C24H26N2O3S/c27-23-21(20-10-5-2-6-11-20)22(30-18-19-8-3-1-4-9-19)24(28)26(23)13-7-12-25-14-16-29-17-15-25/h1-6,8-11H,7,12-18H2. The molecule has 2 aromatic carbocycles. The summed E-state index contributed by atoms with van der Waals surface area (Å²) in [6.07, 6.45) is 0.774. The molecule has 156 valence electrons.